The first kappa shape index (κ1) is 28.8. The molecule has 0 spiro atoms. The minimum Gasteiger partial charge on any atom is -0.493 e. The second-order valence-corrected chi connectivity index (χ2v) is 10.6. The Morgan fingerprint density at radius 2 is 1.74 bits per heavy atom. The number of methoxy groups -OCH3 is 2. The number of anilines is 1. The van der Waals surface area contributed by atoms with Crippen molar-refractivity contribution < 1.29 is 28.3 Å². The lowest BCUT2D eigenvalue weighted by atomic mass is 10.1. The average Bonchev–Trinajstić information content (AvgIpc) is 3.67. The van der Waals surface area contributed by atoms with Crippen molar-refractivity contribution >= 4 is 35.2 Å². The highest BCUT2D eigenvalue weighted by atomic mass is 32.2. The molecule has 0 unspecified atom stereocenters. The molecular formula is C32H31N3O6S. The maximum absolute atomic E-state index is 13.1. The molecule has 42 heavy (non-hydrogen) atoms. The lowest BCUT2D eigenvalue weighted by Crippen LogP contribution is -2.27. The van der Waals surface area contributed by atoms with Crippen LogP contribution in [0, 0.1) is 0 Å². The fraction of sp³-hybridized carbons (Fsp3) is 0.219. The summed E-state index contributed by atoms with van der Waals surface area (Å²) in [6, 6.07) is 23.3. The van der Waals surface area contributed by atoms with Crippen molar-refractivity contribution in [2.75, 3.05) is 31.8 Å². The molecule has 0 aliphatic carbocycles. The Morgan fingerprint density at radius 1 is 0.952 bits per heavy atom. The van der Waals surface area contributed by atoms with Gasteiger partial charge in [0.1, 0.15) is 11.1 Å². The molecule has 9 nitrogen and oxygen atoms in total. The number of carbonyl (C=O) groups is 3. The van der Waals surface area contributed by atoms with Crippen LogP contribution in [0.1, 0.15) is 43.0 Å². The molecule has 1 saturated heterocycles. The first-order chi connectivity index (χ1) is 20.5. The highest BCUT2D eigenvalue weighted by Gasteiger charge is 2.33. The van der Waals surface area contributed by atoms with E-state index in [4.69, 9.17) is 13.9 Å². The molecule has 1 atom stereocenters. The highest BCUT2D eigenvalue weighted by Crippen LogP contribution is 2.39. The molecule has 1 aliphatic heterocycles. The van der Waals surface area contributed by atoms with Gasteiger partial charge in [-0.25, -0.2) is 0 Å². The van der Waals surface area contributed by atoms with E-state index < -0.39 is 0 Å². The molecule has 1 aromatic heterocycles. The monoisotopic (exact) mass is 585 g/mol. The molecule has 4 aromatic rings. The molecule has 2 N–H and O–H groups in total. The van der Waals surface area contributed by atoms with Crippen molar-refractivity contribution in [2.45, 2.75) is 18.3 Å². The molecule has 0 bridgehead atoms. The molecule has 1 fully saturated rings. The summed E-state index contributed by atoms with van der Waals surface area (Å²) in [7, 11) is 3.16. The number of hydrogen-bond donors (Lipinski definition) is 2. The van der Waals surface area contributed by atoms with Crippen LogP contribution < -0.4 is 20.1 Å². The van der Waals surface area contributed by atoms with Crippen molar-refractivity contribution in [3.05, 3.63) is 113 Å². The lowest BCUT2D eigenvalue weighted by Gasteiger charge is -2.23. The quantitative estimate of drug-likeness (QED) is 0.246. The summed E-state index contributed by atoms with van der Waals surface area (Å²) in [4.78, 5) is 40.4. The Hall–Kier alpha value is -4.70. The summed E-state index contributed by atoms with van der Waals surface area (Å²) in [5.74, 6) is 1.79. The number of furan rings is 1. The van der Waals surface area contributed by atoms with Crippen molar-refractivity contribution in [1.29, 1.82) is 0 Å². The van der Waals surface area contributed by atoms with Gasteiger partial charge >= 0.3 is 0 Å². The number of para-hydroxylation sites is 1. The summed E-state index contributed by atoms with van der Waals surface area (Å²) in [6.45, 7) is 0.787. The Bertz CT molecular complexity index is 1550. The SMILES string of the molecule is COc1ccc(CCNC(=O)c2ccccc2NC(=O)c2ccc([C@@H]3SCC(=O)N3Cc3ccco3)cc2)cc1OC. The Morgan fingerprint density at radius 3 is 2.48 bits per heavy atom. The molecule has 3 aromatic carbocycles. The van der Waals surface area contributed by atoms with Crippen LogP contribution >= 0.6 is 11.8 Å². The largest absolute Gasteiger partial charge is 0.493 e. The number of amides is 3. The van der Waals surface area contributed by atoms with Gasteiger partial charge in [-0.05, 0) is 66.1 Å². The fourth-order valence-electron chi connectivity index (χ4n) is 4.71. The van der Waals surface area contributed by atoms with Gasteiger partial charge in [-0.3, -0.25) is 14.4 Å². The molecule has 0 radical (unpaired) electrons. The first-order valence-corrected chi connectivity index (χ1v) is 14.4. The number of carbonyl (C=O) groups excluding carboxylic acids is 3. The van der Waals surface area contributed by atoms with Crippen LogP contribution in [0.4, 0.5) is 5.69 Å². The number of nitrogens with one attached hydrogen (secondary N) is 2. The van der Waals surface area contributed by atoms with Gasteiger partial charge in [-0.1, -0.05) is 30.3 Å². The molecule has 216 valence electrons. The summed E-state index contributed by atoms with van der Waals surface area (Å²) < 4.78 is 16.1. The first-order valence-electron chi connectivity index (χ1n) is 13.4. The van der Waals surface area contributed by atoms with Gasteiger partial charge in [-0.2, -0.15) is 0 Å². The number of nitrogens with zero attached hydrogens (tertiary/aromatic N) is 1. The Kier molecular flexibility index (Phi) is 9.13. The van der Waals surface area contributed by atoms with E-state index in [1.165, 1.54) is 0 Å². The smallest absolute Gasteiger partial charge is 0.255 e. The van der Waals surface area contributed by atoms with E-state index >= 15 is 0 Å². The molecular weight excluding hydrogens is 554 g/mol. The minimum atomic E-state index is -0.338. The van der Waals surface area contributed by atoms with Gasteiger partial charge < -0.3 is 29.4 Å². The zero-order valence-electron chi connectivity index (χ0n) is 23.3. The standard InChI is InChI=1S/C32H31N3O6S/c1-39-27-14-9-21(18-28(27)40-2)15-16-33-31(38)25-7-3-4-8-26(25)34-30(37)22-10-12-23(13-11-22)32-35(29(36)20-42-32)19-24-6-5-17-41-24/h3-14,17-18,32H,15-16,19-20H2,1-2H3,(H,33,38)(H,34,37)/t32-/m0/s1. The summed E-state index contributed by atoms with van der Waals surface area (Å²) in [5.41, 5.74) is 3.13. The van der Waals surface area contributed by atoms with Crippen LogP contribution in [0.3, 0.4) is 0 Å². The maximum Gasteiger partial charge on any atom is 0.255 e. The van der Waals surface area contributed by atoms with E-state index in [-0.39, 0.29) is 23.1 Å². The Labute approximate surface area is 248 Å². The third-order valence-electron chi connectivity index (χ3n) is 6.90. The predicted octanol–water partition coefficient (Wildman–Crippen LogP) is 5.30. The van der Waals surface area contributed by atoms with Crippen molar-refractivity contribution in [3.8, 4) is 11.5 Å². The van der Waals surface area contributed by atoms with Crippen LogP contribution in [0.25, 0.3) is 0 Å². The van der Waals surface area contributed by atoms with Crippen molar-refractivity contribution in [3.63, 3.8) is 0 Å². The number of rotatable bonds is 11. The molecule has 10 heteroatoms. The third kappa shape index (κ3) is 6.60. The van der Waals surface area contributed by atoms with E-state index in [2.05, 4.69) is 10.6 Å². The molecule has 3 amide bonds. The lowest BCUT2D eigenvalue weighted by molar-refractivity contribution is -0.128. The highest BCUT2D eigenvalue weighted by molar-refractivity contribution is 8.00. The minimum absolute atomic E-state index is 0.0434. The molecule has 0 saturated carbocycles. The number of thioether (sulfide) groups is 1. The van der Waals surface area contributed by atoms with E-state index in [0.29, 0.717) is 53.6 Å². The topological polar surface area (TPSA) is 110 Å². The van der Waals surface area contributed by atoms with Crippen molar-refractivity contribution in [1.82, 2.24) is 10.2 Å². The molecule has 1 aliphatic rings. The van der Waals surface area contributed by atoms with E-state index in [1.807, 2.05) is 36.4 Å². The van der Waals surface area contributed by atoms with Crippen LogP contribution in [0.5, 0.6) is 11.5 Å². The third-order valence-corrected chi connectivity index (χ3v) is 8.16. The van der Waals surface area contributed by atoms with Crippen LogP contribution in [-0.2, 0) is 17.8 Å². The number of hydrogen-bond acceptors (Lipinski definition) is 7. The molecule has 2 heterocycles. The van der Waals surface area contributed by atoms with Gasteiger partial charge in [-0.15, -0.1) is 11.8 Å². The number of ether oxygens (including phenoxy) is 2. The zero-order valence-corrected chi connectivity index (χ0v) is 24.1. The van der Waals surface area contributed by atoms with Gasteiger partial charge in [0.15, 0.2) is 11.5 Å². The van der Waals surface area contributed by atoms with E-state index in [0.717, 1.165) is 16.9 Å². The van der Waals surface area contributed by atoms with E-state index in [1.54, 1.807) is 79.6 Å². The van der Waals surface area contributed by atoms with Crippen molar-refractivity contribution in [2.24, 2.45) is 0 Å². The van der Waals surface area contributed by atoms with Crippen LogP contribution in [0.15, 0.2) is 89.5 Å². The second-order valence-electron chi connectivity index (χ2n) is 9.58. The molecule has 5 rings (SSSR count). The normalized spacial score (nSPS) is 14.5. The van der Waals surface area contributed by atoms with Gasteiger partial charge in [0.25, 0.3) is 11.8 Å². The van der Waals surface area contributed by atoms with Gasteiger partial charge in [0.2, 0.25) is 5.91 Å². The average molecular weight is 586 g/mol. The zero-order chi connectivity index (χ0) is 29.5. The fourth-order valence-corrected chi connectivity index (χ4v) is 5.89. The van der Waals surface area contributed by atoms with E-state index in [9.17, 15) is 14.4 Å². The van der Waals surface area contributed by atoms with Gasteiger partial charge in [0, 0.05) is 12.1 Å². The summed E-state index contributed by atoms with van der Waals surface area (Å²) >= 11 is 1.54. The number of benzene rings is 3. The predicted molar refractivity (Wildman–Crippen MR) is 161 cm³/mol. The van der Waals surface area contributed by atoms with Crippen LogP contribution in [0.2, 0.25) is 0 Å². The Balaban J connectivity index is 1.20. The maximum atomic E-state index is 13.1. The summed E-state index contributed by atoms with van der Waals surface area (Å²) in [6.07, 6.45) is 2.18. The van der Waals surface area contributed by atoms with Crippen LogP contribution in [-0.4, -0.2) is 49.1 Å². The van der Waals surface area contributed by atoms with Gasteiger partial charge in [0.05, 0.1) is 44.0 Å². The summed E-state index contributed by atoms with van der Waals surface area (Å²) in [5, 5.41) is 5.63. The second kappa shape index (κ2) is 13.3.